The minimum Gasteiger partial charge on any atom is -0.392 e. The van der Waals surface area contributed by atoms with Crippen LogP contribution >= 0.6 is 0 Å². The Morgan fingerprint density at radius 1 is 1.12 bits per heavy atom. The van der Waals surface area contributed by atoms with Crippen LogP contribution in [0.5, 0.6) is 0 Å². The van der Waals surface area contributed by atoms with E-state index >= 15 is 0 Å². The maximum absolute atomic E-state index is 9.06. The van der Waals surface area contributed by atoms with Gasteiger partial charge in [0.15, 0.2) is 0 Å². The number of pyridine rings is 1. The molecule has 0 amide bonds. The van der Waals surface area contributed by atoms with Crippen LogP contribution < -0.4 is 0 Å². The average molecular weight is 213 g/mol. The molecule has 0 aliphatic rings. The number of aliphatic hydroxyl groups excluding tert-OH is 1. The van der Waals surface area contributed by atoms with Gasteiger partial charge in [0.1, 0.15) is 0 Å². The van der Waals surface area contributed by atoms with E-state index in [9.17, 15) is 0 Å². The average Bonchev–Trinajstić information content (AvgIpc) is 2.28. The van der Waals surface area contributed by atoms with Crippen molar-refractivity contribution < 1.29 is 5.11 Å². The van der Waals surface area contributed by atoms with Gasteiger partial charge in [-0.1, -0.05) is 18.2 Å². The summed E-state index contributed by atoms with van der Waals surface area (Å²) in [6.45, 7) is 4.18. The van der Waals surface area contributed by atoms with Gasteiger partial charge in [-0.3, -0.25) is 4.98 Å². The summed E-state index contributed by atoms with van der Waals surface area (Å²) in [5.41, 5.74) is 5.57. The molecule has 16 heavy (non-hydrogen) atoms. The van der Waals surface area contributed by atoms with E-state index < -0.39 is 0 Å². The van der Waals surface area contributed by atoms with Crippen LogP contribution in [0.2, 0.25) is 0 Å². The number of benzene rings is 1. The molecule has 1 N–H and O–H groups in total. The standard InChI is InChI=1S/C14H15NO/c1-10-5-13(8-15-7-10)14-4-3-12(9-16)6-11(14)2/h3-8,16H,9H2,1-2H3. The lowest BCUT2D eigenvalue weighted by molar-refractivity contribution is 0.282. The van der Waals surface area contributed by atoms with E-state index in [1.807, 2.05) is 37.5 Å². The van der Waals surface area contributed by atoms with E-state index in [-0.39, 0.29) is 6.61 Å². The van der Waals surface area contributed by atoms with Crippen molar-refractivity contribution in [2.24, 2.45) is 0 Å². The fourth-order valence-electron chi connectivity index (χ4n) is 1.85. The van der Waals surface area contributed by atoms with Crippen LogP contribution in [-0.4, -0.2) is 10.1 Å². The Morgan fingerprint density at radius 3 is 2.56 bits per heavy atom. The highest BCUT2D eigenvalue weighted by atomic mass is 16.3. The van der Waals surface area contributed by atoms with Gasteiger partial charge in [-0.2, -0.15) is 0 Å². The third-order valence-corrected chi connectivity index (χ3v) is 2.66. The van der Waals surface area contributed by atoms with Gasteiger partial charge in [-0.15, -0.1) is 0 Å². The minimum absolute atomic E-state index is 0.0905. The van der Waals surface area contributed by atoms with Gasteiger partial charge in [0.25, 0.3) is 0 Å². The van der Waals surface area contributed by atoms with Gasteiger partial charge < -0.3 is 5.11 Å². The Morgan fingerprint density at radius 2 is 1.94 bits per heavy atom. The maximum atomic E-state index is 9.06. The molecule has 1 heterocycles. The molecule has 82 valence electrons. The molecule has 1 aromatic carbocycles. The predicted octanol–water partition coefficient (Wildman–Crippen LogP) is 2.86. The lowest BCUT2D eigenvalue weighted by atomic mass is 9.99. The van der Waals surface area contributed by atoms with Crippen molar-refractivity contribution in [2.45, 2.75) is 20.5 Å². The molecule has 0 saturated carbocycles. The molecular formula is C14H15NO. The first-order chi connectivity index (χ1) is 7.70. The molecule has 0 unspecified atom stereocenters. The Bertz CT molecular complexity index is 506. The van der Waals surface area contributed by atoms with Crippen LogP contribution in [0.25, 0.3) is 11.1 Å². The number of aliphatic hydroxyl groups is 1. The molecule has 2 heteroatoms. The van der Waals surface area contributed by atoms with Crippen LogP contribution in [0.4, 0.5) is 0 Å². The quantitative estimate of drug-likeness (QED) is 0.832. The fraction of sp³-hybridized carbons (Fsp3) is 0.214. The van der Waals surface area contributed by atoms with Crippen molar-refractivity contribution in [3.8, 4) is 11.1 Å². The molecule has 0 spiro atoms. The summed E-state index contributed by atoms with van der Waals surface area (Å²) in [5.74, 6) is 0. The topological polar surface area (TPSA) is 33.1 Å². The number of hydrogen-bond donors (Lipinski definition) is 1. The Kier molecular flexibility index (Phi) is 3.02. The number of rotatable bonds is 2. The lowest BCUT2D eigenvalue weighted by Gasteiger charge is -2.08. The normalized spacial score (nSPS) is 10.4. The molecule has 1 aromatic heterocycles. The van der Waals surface area contributed by atoms with Crippen LogP contribution in [-0.2, 0) is 6.61 Å². The van der Waals surface area contributed by atoms with Crippen molar-refractivity contribution in [3.63, 3.8) is 0 Å². The molecule has 0 bridgehead atoms. The number of nitrogens with zero attached hydrogens (tertiary/aromatic N) is 1. The lowest BCUT2D eigenvalue weighted by Crippen LogP contribution is -1.89. The summed E-state index contributed by atoms with van der Waals surface area (Å²) in [6.07, 6.45) is 3.72. The zero-order valence-corrected chi connectivity index (χ0v) is 9.57. The fourth-order valence-corrected chi connectivity index (χ4v) is 1.85. The first-order valence-electron chi connectivity index (χ1n) is 5.33. The molecule has 0 aliphatic heterocycles. The van der Waals surface area contributed by atoms with Gasteiger partial charge in [0.05, 0.1) is 6.61 Å². The molecule has 0 atom stereocenters. The third kappa shape index (κ3) is 2.12. The largest absolute Gasteiger partial charge is 0.392 e. The Balaban J connectivity index is 2.48. The molecule has 2 aromatic rings. The molecule has 2 rings (SSSR count). The second-order valence-electron chi connectivity index (χ2n) is 4.06. The molecule has 2 nitrogen and oxygen atoms in total. The zero-order chi connectivity index (χ0) is 11.5. The maximum Gasteiger partial charge on any atom is 0.0681 e. The van der Waals surface area contributed by atoms with Crippen LogP contribution in [0.15, 0.2) is 36.7 Å². The monoisotopic (exact) mass is 213 g/mol. The molecule has 0 radical (unpaired) electrons. The van der Waals surface area contributed by atoms with Crippen LogP contribution in [0.3, 0.4) is 0 Å². The van der Waals surface area contributed by atoms with Crippen LogP contribution in [0.1, 0.15) is 16.7 Å². The third-order valence-electron chi connectivity index (χ3n) is 2.66. The van der Waals surface area contributed by atoms with E-state index in [1.54, 1.807) is 0 Å². The first kappa shape index (κ1) is 10.8. The molecular weight excluding hydrogens is 198 g/mol. The van der Waals surface area contributed by atoms with Crippen molar-refractivity contribution in [3.05, 3.63) is 53.3 Å². The smallest absolute Gasteiger partial charge is 0.0681 e. The number of aryl methyl sites for hydroxylation is 2. The summed E-state index contributed by atoms with van der Waals surface area (Å²) in [6, 6.07) is 8.12. The highest BCUT2D eigenvalue weighted by molar-refractivity contribution is 5.67. The summed E-state index contributed by atoms with van der Waals surface area (Å²) in [7, 11) is 0. The SMILES string of the molecule is Cc1cncc(-c2ccc(CO)cc2C)c1. The van der Waals surface area contributed by atoms with Gasteiger partial charge in [0.2, 0.25) is 0 Å². The van der Waals surface area contributed by atoms with Crippen molar-refractivity contribution >= 4 is 0 Å². The van der Waals surface area contributed by atoms with Crippen molar-refractivity contribution in [1.82, 2.24) is 4.98 Å². The van der Waals surface area contributed by atoms with Crippen LogP contribution in [0, 0.1) is 13.8 Å². The Labute approximate surface area is 95.6 Å². The van der Waals surface area contributed by atoms with Crippen molar-refractivity contribution in [1.29, 1.82) is 0 Å². The molecule has 0 fully saturated rings. The second kappa shape index (κ2) is 4.45. The van der Waals surface area contributed by atoms with Crippen molar-refractivity contribution in [2.75, 3.05) is 0 Å². The van der Waals surface area contributed by atoms with Gasteiger partial charge in [-0.25, -0.2) is 0 Å². The van der Waals surface area contributed by atoms with E-state index in [2.05, 4.69) is 18.0 Å². The Hall–Kier alpha value is -1.67. The minimum atomic E-state index is 0.0905. The molecule has 0 aliphatic carbocycles. The van der Waals surface area contributed by atoms with E-state index in [0.717, 1.165) is 16.7 Å². The predicted molar refractivity (Wildman–Crippen MR) is 65.1 cm³/mol. The van der Waals surface area contributed by atoms with E-state index in [0.29, 0.717) is 0 Å². The van der Waals surface area contributed by atoms with Gasteiger partial charge in [-0.05, 0) is 42.2 Å². The van der Waals surface area contributed by atoms with Gasteiger partial charge >= 0.3 is 0 Å². The number of hydrogen-bond acceptors (Lipinski definition) is 2. The second-order valence-corrected chi connectivity index (χ2v) is 4.06. The highest BCUT2D eigenvalue weighted by Crippen LogP contribution is 2.24. The highest BCUT2D eigenvalue weighted by Gasteiger charge is 2.03. The number of aromatic nitrogens is 1. The molecule has 0 saturated heterocycles. The summed E-state index contributed by atoms with van der Waals surface area (Å²) in [5, 5.41) is 9.06. The first-order valence-corrected chi connectivity index (χ1v) is 5.33. The summed E-state index contributed by atoms with van der Waals surface area (Å²) < 4.78 is 0. The summed E-state index contributed by atoms with van der Waals surface area (Å²) >= 11 is 0. The van der Waals surface area contributed by atoms with E-state index in [4.69, 9.17) is 5.11 Å². The zero-order valence-electron chi connectivity index (χ0n) is 9.57. The van der Waals surface area contributed by atoms with E-state index in [1.165, 1.54) is 11.1 Å². The van der Waals surface area contributed by atoms with Gasteiger partial charge in [0, 0.05) is 18.0 Å². The summed E-state index contributed by atoms with van der Waals surface area (Å²) in [4.78, 5) is 4.19.